The number of hydrogen-bond donors (Lipinski definition) is 1. The molecular formula is C20H22N2O2S. The van der Waals surface area contributed by atoms with E-state index in [2.05, 4.69) is 41.0 Å². The van der Waals surface area contributed by atoms with Gasteiger partial charge in [-0.25, -0.2) is 0 Å². The minimum atomic E-state index is -0.0498. The second-order valence-corrected chi connectivity index (χ2v) is 7.76. The normalized spacial score (nSPS) is 20.1. The van der Waals surface area contributed by atoms with Crippen LogP contribution in [0.4, 0.5) is 0 Å². The number of carbonyl (C=O) groups is 2. The number of fused-ring (bicyclic) bond motifs is 1. The molecule has 0 unspecified atom stereocenters. The van der Waals surface area contributed by atoms with Gasteiger partial charge in [-0.2, -0.15) is 11.3 Å². The Kier molecular flexibility index (Phi) is 4.57. The lowest BCUT2D eigenvalue weighted by Gasteiger charge is -2.24. The van der Waals surface area contributed by atoms with Gasteiger partial charge in [0.1, 0.15) is 0 Å². The first kappa shape index (κ1) is 16.3. The average molecular weight is 354 g/mol. The summed E-state index contributed by atoms with van der Waals surface area (Å²) in [4.78, 5) is 26.6. The lowest BCUT2D eigenvalue weighted by Crippen LogP contribution is -2.41. The van der Waals surface area contributed by atoms with E-state index in [-0.39, 0.29) is 23.9 Å². The summed E-state index contributed by atoms with van der Waals surface area (Å²) in [6.07, 6.45) is 3.53. The maximum absolute atomic E-state index is 12.4. The molecule has 1 fully saturated rings. The molecule has 5 heteroatoms. The number of nitrogens with zero attached hydrogens (tertiary/aromatic N) is 1. The molecule has 1 saturated heterocycles. The highest BCUT2D eigenvalue weighted by Crippen LogP contribution is 2.28. The fourth-order valence-electron chi connectivity index (χ4n) is 3.93. The summed E-state index contributed by atoms with van der Waals surface area (Å²) in [5.74, 6) is 0.210. The van der Waals surface area contributed by atoms with Crippen LogP contribution >= 0.6 is 11.3 Å². The van der Waals surface area contributed by atoms with Crippen molar-refractivity contribution in [2.75, 3.05) is 6.54 Å². The van der Waals surface area contributed by atoms with Crippen LogP contribution in [0.3, 0.4) is 0 Å². The van der Waals surface area contributed by atoms with Crippen molar-refractivity contribution < 1.29 is 9.59 Å². The summed E-state index contributed by atoms with van der Waals surface area (Å²) in [5, 5.41) is 7.15. The van der Waals surface area contributed by atoms with E-state index in [0.717, 1.165) is 19.3 Å². The predicted molar refractivity (Wildman–Crippen MR) is 98.5 cm³/mol. The van der Waals surface area contributed by atoms with E-state index in [9.17, 15) is 9.59 Å². The molecule has 4 nitrogen and oxygen atoms in total. The van der Waals surface area contributed by atoms with Gasteiger partial charge in [0, 0.05) is 25.4 Å². The van der Waals surface area contributed by atoms with E-state index in [1.54, 1.807) is 11.3 Å². The number of thiophene rings is 1. The first-order chi connectivity index (χ1) is 12.2. The van der Waals surface area contributed by atoms with Crippen LogP contribution in [0.2, 0.25) is 0 Å². The Labute approximate surface area is 151 Å². The maximum Gasteiger partial charge on any atom is 0.225 e. The highest BCUT2D eigenvalue weighted by molar-refractivity contribution is 7.07. The minimum Gasteiger partial charge on any atom is -0.351 e. The third kappa shape index (κ3) is 3.61. The van der Waals surface area contributed by atoms with E-state index in [1.807, 2.05) is 10.3 Å². The first-order valence-corrected chi connectivity index (χ1v) is 9.80. The molecule has 1 aromatic carbocycles. The van der Waals surface area contributed by atoms with Gasteiger partial charge in [-0.15, -0.1) is 0 Å². The van der Waals surface area contributed by atoms with E-state index in [4.69, 9.17) is 0 Å². The molecule has 0 saturated carbocycles. The molecule has 25 heavy (non-hydrogen) atoms. The van der Waals surface area contributed by atoms with Gasteiger partial charge in [-0.1, -0.05) is 24.3 Å². The monoisotopic (exact) mass is 354 g/mol. The molecule has 1 atom stereocenters. The maximum atomic E-state index is 12.4. The Morgan fingerprint density at radius 3 is 2.60 bits per heavy atom. The molecule has 2 heterocycles. The van der Waals surface area contributed by atoms with Crippen LogP contribution in [0.15, 0.2) is 41.1 Å². The quantitative estimate of drug-likeness (QED) is 0.897. The molecule has 1 N–H and O–H groups in total. The number of benzene rings is 1. The number of nitrogens with one attached hydrogen (secondary N) is 1. The standard InChI is InChI=1S/C20H22N2O2S/c23-19(6-5-14-7-8-25-13-14)21-17-11-20(24)22(12-17)18-9-15-3-1-2-4-16(15)10-18/h1-4,7-8,13,17-18H,5-6,9-12H2,(H,21,23)/t17-/m1/s1. The molecule has 1 aromatic heterocycles. The fraction of sp³-hybridized carbons (Fsp3) is 0.400. The summed E-state index contributed by atoms with van der Waals surface area (Å²) in [6.45, 7) is 0.641. The van der Waals surface area contributed by atoms with Gasteiger partial charge in [0.05, 0.1) is 6.04 Å². The first-order valence-electron chi connectivity index (χ1n) is 8.86. The number of rotatable bonds is 5. The molecule has 1 aliphatic heterocycles. The summed E-state index contributed by atoms with van der Waals surface area (Å²) in [7, 11) is 0. The van der Waals surface area contributed by atoms with Crippen molar-refractivity contribution in [2.45, 2.75) is 44.2 Å². The smallest absolute Gasteiger partial charge is 0.225 e. The summed E-state index contributed by atoms with van der Waals surface area (Å²) >= 11 is 1.65. The Bertz CT molecular complexity index is 747. The van der Waals surface area contributed by atoms with Crippen LogP contribution in [0.5, 0.6) is 0 Å². The zero-order valence-electron chi connectivity index (χ0n) is 14.1. The van der Waals surface area contributed by atoms with Crippen molar-refractivity contribution in [3.63, 3.8) is 0 Å². The highest BCUT2D eigenvalue weighted by Gasteiger charge is 2.37. The number of likely N-dealkylation sites (tertiary alicyclic amines) is 1. The summed E-state index contributed by atoms with van der Waals surface area (Å²) in [6, 6.07) is 10.7. The van der Waals surface area contributed by atoms with Crippen LogP contribution < -0.4 is 5.32 Å². The highest BCUT2D eigenvalue weighted by atomic mass is 32.1. The fourth-order valence-corrected chi connectivity index (χ4v) is 4.63. The third-order valence-corrected chi connectivity index (χ3v) is 5.95. The molecule has 0 radical (unpaired) electrons. The second-order valence-electron chi connectivity index (χ2n) is 6.98. The number of carbonyl (C=O) groups excluding carboxylic acids is 2. The van der Waals surface area contributed by atoms with Crippen LogP contribution in [-0.2, 0) is 28.9 Å². The van der Waals surface area contributed by atoms with Crippen LogP contribution in [0.1, 0.15) is 29.5 Å². The van der Waals surface area contributed by atoms with Crippen molar-refractivity contribution in [1.82, 2.24) is 10.2 Å². The lowest BCUT2D eigenvalue weighted by molar-refractivity contribution is -0.129. The van der Waals surface area contributed by atoms with Crippen molar-refractivity contribution in [1.29, 1.82) is 0 Å². The van der Waals surface area contributed by atoms with Gasteiger partial charge >= 0.3 is 0 Å². The molecule has 2 aliphatic rings. The van der Waals surface area contributed by atoms with Gasteiger partial charge in [-0.3, -0.25) is 9.59 Å². The van der Waals surface area contributed by atoms with Crippen molar-refractivity contribution in [3.05, 3.63) is 57.8 Å². The number of hydrogen-bond acceptors (Lipinski definition) is 3. The SMILES string of the molecule is O=C(CCc1ccsc1)N[C@@H]1CC(=O)N(C2Cc3ccccc3C2)C1. The van der Waals surface area contributed by atoms with Gasteiger partial charge in [0.2, 0.25) is 11.8 Å². The van der Waals surface area contributed by atoms with E-state index in [0.29, 0.717) is 19.4 Å². The lowest BCUT2D eigenvalue weighted by atomic mass is 10.1. The average Bonchev–Trinajstić information content (AvgIpc) is 3.32. The van der Waals surface area contributed by atoms with Gasteiger partial charge in [0.25, 0.3) is 0 Å². The minimum absolute atomic E-state index is 0.0422. The Morgan fingerprint density at radius 2 is 1.92 bits per heavy atom. The summed E-state index contributed by atoms with van der Waals surface area (Å²) in [5.41, 5.74) is 3.90. The third-order valence-electron chi connectivity index (χ3n) is 5.21. The molecule has 2 aromatic rings. The van der Waals surface area contributed by atoms with E-state index < -0.39 is 0 Å². The predicted octanol–water partition coefficient (Wildman–Crippen LogP) is 2.57. The molecular weight excluding hydrogens is 332 g/mol. The topological polar surface area (TPSA) is 49.4 Å². The largest absolute Gasteiger partial charge is 0.351 e. The van der Waals surface area contributed by atoms with Gasteiger partial charge in [0.15, 0.2) is 0 Å². The summed E-state index contributed by atoms with van der Waals surface area (Å²) < 4.78 is 0. The number of amides is 2. The van der Waals surface area contributed by atoms with Gasteiger partial charge in [-0.05, 0) is 52.8 Å². The van der Waals surface area contributed by atoms with Crippen LogP contribution in [0.25, 0.3) is 0 Å². The zero-order valence-corrected chi connectivity index (χ0v) is 14.9. The van der Waals surface area contributed by atoms with Crippen LogP contribution in [0, 0.1) is 0 Å². The Balaban J connectivity index is 1.30. The van der Waals surface area contributed by atoms with Crippen molar-refractivity contribution in [2.24, 2.45) is 0 Å². The molecule has 0 spiro atoms. The van der Waals surface area contributed by atoms with Crippen molar-refractivity contribution >= 4 is 23.2 Å². The molecule has 130 valence electrons. The number of aryl methyl sites for hydroxylation is 1. The van der Waals surface area contributed by atoms with E-state index in [1.165, 1.54) is 16.7 Å². The van der Waals surface area contributed by atoms with Crippen molar-refractivity contribution in [3.8, 4) is 0 Å². The second kappa shape index (κ2) is 7.00. The molecule has 4 rings (SSSR count). The van der Waals surface area contributed by atoms with Crippen LogP contribution in [-0.4, -0.2) is 35.3 Å². The molecule has 2 amide bonds. The Morgan fingerprint density at radius 1 is 1.16 bits per heavy atom. The van der Waals surface area contributed by atoms with Gasteiger partial charge < -0.3 is 10.2 Å². The zero-order chi connectivity index (χ0) is 17.2. The molecule has 0 bridgehead atoms. The molecule has 1 aliphatic carbocycles. The Hall–Kier alpha value is -2.14. The van der Waals surface area contributed by atoms with E-state index >= 15 is 0 Å².